The van der Waals surface area contributed by atoms with Crippen molar-refractivity contribution in [2.24, 2.45) is 0 Å². The second-order valence-corrected chi connectivity index (χ2v) is 5.07. The van der Waals surface area contributed by atoms with Crippen LogP contribution in [-0.4, -0.2) is 4.57 Å². The van der Waals surface area contributed by atoms with Gasteiger partial charge in [-0.2, -0.15) is 13.2 Å². The van der Waals surface area contributed by atoms with Crippen molar-refractivity contribution in [2.75, 3.05) is 0 Å². The van der Waals surface area contributed by atoms with Gasteiger partial charge in [0.05, 0.1) is 5.56 Å². The summed E-state index contributed by atoms with van der Waals surface area (Å²) in [5, 5.41) is 0. The van der Waals surface area contributed by atoms with Gasteiger partial charge in [-0.05, 0) is 12.5 Å². The van der Waals surface area contributed by atoms with Gasteiger partial charge in [0.25, 0.3) is 5.56 Å². The topological polar surface area (TPSA) is 22.0 Å². The molecule has 20 heavy (non-hydrogen) atoms. The molecule has 0 aliphatic rings. The van der Waals surface area contributed by atoms with E-state index in [1.807, 2.05) is 0 Å². The summed E-state index contributed by atoms with van der Waals surface area (Å²) < 4.78 is 38.8. The molecule has 0 saturated carbocycles. The highest BCUT2D eigenvalue weighted by Crippen LogP contribution is 2.28. The summed E-state index contributed by atoms with van der Waals surface area (Å²) in [6, 6.07) is 1.83. The molecule has 0 aromatic carbocycles. The maximum absolute atomic E-state index is 12.5. The van der Waals surface area contributed by atoms with E-state index in [9.17, 15) is 18.0 Å². The van der Waals surface area contributed by atoms with Crippen LogP contribution in [0.2, 0.25) is 0 Å². The lowest BCUT2D eigenvalue weighted by molar-refractivity contribution is -0.138. The first kappa shape index (κ1) is 16.8. The van der Waals surface area contributed by atoms with E-state index in [-0.39, 0.29) is 5.56 Å². The van der Waals surface area contributed by atoms with Crippen LogP contribution in [0, 0.1) is 0 Å². The van der Waals surface area contributed by atoms with Crippen LogP contribution in [0.25, 0.3) is 0 Å². The van der Waals surface area contributed by atoms with Crippen LogP contribution in [0.1, 0.15) is 57.4 Å². The molecular weight excluding hydrogens is 267 g/mol. The number of pyridine rings is 1. The van der Waals surface area contributed by atoms with Crippen LogP contribution in [-0.2, 0) is 12.7 Å². The summed E-state index contributed by atoms with van der Waals surface area (Å²) >= 11 is 0. The molecule has 1 rings (SSSR count). The number of rotatable bonds is 8. The first-order valence-corrected chi connectivity index (χ1v) is 7.23. The van der Waals surface area contributed by atoms with E-state index >= 15 is 0 Å². The Morgan fingerprint density at radius 3 is 2.20 bits per heavy atom. The number of aromatic nitrogens is 1. The van der Waals surface area contributed by atoms with Gasteiger partial charge >= 0.3 is 6.18 Å². The zero-order chi connectivity index (χ0) is 15.0. The smallest absolute Gasteiger partial charge is 0.315 e. The molecule has 0 unspecified atom stereocenters. The summed E-state index contributed by atoms with van der Waals surface area (Å²) in [5.41, 5.74) is -1.14. The second-order valence-electron chi connectivity index (χ2n) is 5.07. The van der Waals surface area contributed by atoms with E-state index in [2.05, 4.69) is 6.92 Å². The maximum Gasteiger partial charge on any atom is 0.417 e. The van der Waals surface area contributed by atoms with Gasteiger partial charge in [-0.25, -0.2) is 0 Å². The van der Waals surface area contributed by atoms with Crippen LogP contribution >= 0.6 is 0 Å². The van der Waals surface area contributed by atoms with E-state index in [0.29, 0.717) is 6.54 Å². The third kappa shape index (κ3) is 5.80. The van der Waals surface area contributed by atoms with E-state index in [4.69, 9.17) is 0 Å². The Labute approximate surface area is 117 Å². The molecule has 5 heteroatoms. The molecule has 0 N–H and O–H groups in total. The Hall–Kier alpha value is -1.26. The van der Waals surface area contributed by atoms with Crippen LogP contribution in [0.15, 0.2) is 23.1 Å². The molecule has 1 aromatic heterocycles. The van der Waals surface area contributed by atoms with Crippen molar-refractivity contribution in [1.82, 2.24) is 4.57 Å². The standard InChI is InChI=1S/C15H22F3NO/c1-2-3-4-5-6-7-8-11-19-12-13(15(16,17)18)9-10-14(19)20/h9-10,12H,2-8,11H2,1H3. The van der Waals surface area contributed by atoms with Gasteiger partial charge in [-0.15, -0.1) is 0 Å². The first-order chi connectivity index (χ1) is 9.45. The lowest BCUT2D eigenvalue weighted by atomic mass is 10.1. The maximum atomic E-state index is 12.5. The molecule has 0 amide bonds. The largest absolute Gasteiger partial charge is 0.417 e. The Morgan fingerprint density at radius 1 is 1.00 bits per heavy atom. The van der Waals surface area contributed by atoms with E-state index in [1.54, 1.807) is 0 Å². The van der Waals surface area contributed by atoms with Crippen LogP contribution < -0.4 is 5.56 Å². The van der Waals surface area contributed by atoms with Gasteiger partial charge in [-0.1, -0.05) is 45.4 Å². The zero-order valence-electron chi connectivity index (χ0n) is 11.9. The number of unbranched alkanes of at least 4 members (excludes halogenated alkanes) is 6. The molecule has 0 spiro atoms. The fourth-order valence-electron chi connectivity index (χ4n) is 2.11. The predicted molar refractivity (Wildman–Crippen MR) is 73.7 cm³/mol. The van der Waals surface area contributed by atoms with Crippen LogP contribution in [0.5, 0.6) is 0 Å². The van der Waals surface area contributed by atoms with Crippen molar-refractivity contribution < 1.29 is 13.2 Å². The number of halogens is 3. The molecule has 0 atom stereocenters. The van der Waals surface area contributed by atoms with E-state index in [1.165, 1.54) is 19.3 Å². The van der Waals surface area contributed by atoms with Crippen molar-refractivity contribution in [2.45, 2.75) is 64.6 Å². The molecular formula is C15H22F3NO. The quantitative estimate of drug-likeness (QED) is 0.640. The van der Waals surface area contributed by atoms with E-state index in [0.717, 1.165) is 48.6 Å². The minimum atomic E-state index is -4.39. The molecule has 0 radical (unpaired) electrons. The van der Waals surface area contributed by atoms with Gasteiger partial charge < -0.3 is 4.57 Å². The number of alkyl halides is 3. The molecule has 2 nitrogen and oxygen atoms in total. The lowest BCUT2D eigenvalue weighted by Gasteiger charge is -2.10. The minimum Gasteiger partial charge on any atom is -0.315 e. The van der Waals surface area contributed by atoms with Crippen molar-refractivity contribution in [3.05, 3.63) is 34.2 Å². The first-order valence-electron chi connectivity index (χ1n) is 7.23. The summed E-state index contributed by atoms with van der Waals surface area (Å²) in [7, 11) is 0. The monoisotopic (exact) mass is 289 g/mol. The molecule has 0 fully saturated rings. The summed E-state index contributed by atoms with van der Waals surface area (Å²) in [6.45, 7) is 2.51. The molecule has 1 heterocycles. The van der Waals surface area contributed by atoms with Gasteiger partial charge in [-0.3, -0.25) is 4.79 Å². The second kappa shape index (κ2) is 8.12. The minimum absolute atomic E-state index is 0.358. The molecule has 0 bridgehead atoms. The normalized spacial score (nSPS) is 11.8. The summed E-state index contributed by atoms with van der Waals surface area (Å²) in [6.07, 6.45) is 4.08. The molecule has 1 aromatic rings. The van der Waals surface area contributed by atoms with Gasteiger partial charge in [0, 0.05) is 18.8 Å². The van der Waals surface area contributed by atoms with Crippen molar-refractivity contribution in [3.8, 4) is 0 Å². The SMILES string of the molecule is CCCCCCCCCn1cc(C(F)(F)F)ccc1=O. The zero-order valence-corrected chi connectivity index (χ0v) is 11.9. The van der Waals surface area contributed by atoms with Crippen LogP contribution in [0.4, 0.5) is 13.2 Å². The average Bonchev–Trinajstić information content (AvgIpc) is 2.38. The number of hydrogen-bond donors (Lipinski definition) is 0. The number of nitrogens with zero attached hydrogens (tertiary/aromatic N) is 1. The van der Waals surface area contributed by atoms with Gasteiger partial charge in [0.15, 0.2) is 0 Å². The fourth-order valence-corrected chi connectivity index (χ4v) is 2.11. The van der Waals surface area contributed by atoms with E-state index < -0.39 is 11.7 Å². The van der Waals surface area contributed by atoms with Gasteiger partial charge in [0.2, 0.25) is 0 Å². The Balaban J connectivity index is 2.42. The third-order valence-electron chi connectivity index (χ3n) is 3.31. The highest BCUT2D eigenvalue weighted by Gasteiger charge is 2.30. The summed E-state index contributed by atoms with van der Waals surface area (Å²) in [5.74, 6) is 0. The third-order valence-corrected chi connectivity index (χ3v) is 3.31. The Morgan fingerprint density at radius 2 is 1.60 bits per heavy atom. The molecule has 0 aliphatic heterocycles. The average molecular weight is 289 g/mol. The molecule has 114 valence electrons. The Kier molecular flexibility index (Phi) is 6.82. The highest BCUT2D eigenvalue weighted by atomic mass is 19.4. The van der Waals surface area contributed by atoms with Crippen molar-refractivity contribution in [1.29, 1.82) is 0 Å². The fraction of sp³-hybridized carbons (Fsp3) is 0.667. The van der Waals surface area contributed by atoms with Crippen molar-refractivity contribution >= 4 is 0 Å². The highest BCUT2D eigenvalue weighted by molar-refractivity contribution is 5.13. The number of aryl methyl sites for hydroxylation is 1. The summed E-state index contributed by atoms with van der Waals surface area (Å²) in [4.78, 5) is 11.5. The Bertz CT molecular complexity index is 451. The van der Waals surface area contributed by atoms with Crippen LogP contribution in [0.3, 0.4) is 0 Å². The predicted octanol–water partition coefficient (Wildman–Crippen LogP) is 4.62. The number of hydrogen-bond acceptors (Lipinski definition) is 1. The molecule has 0 aliphatic carbocycles. The lowest BCUT2D eigenvalue weighted by Crippen LogP contribution is -2.21. The molecule has 0 saturated heterocycles. The van der Waals surface area contributed by atoms with Gasteiger partial charge in [0.1, 0.15) is 0 Å². The van der Waals surface area contributed by atoms with Crippen molar-refractivity contribution in [3.63, 3.8) is 0 Å².